The largest absolute Gasteiger partial charge is 0.394 e. The van der Waals surface area contributed by atoms with E-state index in [1.807, 2.05) is 6.08 Å². The molecule has 9 N–H and O–H groups in total. The summed E-state index contributed by atoms with van der Waals surface area (Å²) >= 11 is 0. The standard InChI is InChI=1S/C52H93NO13/c1-3-5-7-9-11-13-15-17-18-19-20-21-22-24-25-27-29-31-33-35-41(56)40(53-44(57)36-34-32-30-28-26-23-16-14-12-10-8-6-4-2)39-63-51-49(62)47(60)50(43(38-55)65-51)66-52-48(61)46(59)45(58)42(37-54)64-52/h8,10,14,16,25,27,33,35,40-43,45-52,54-56,58-62H,3-7,9,11-13,15,17-24,26,28-32,34,36-39H2,1-2H3,(H,53,57)/b10-8-,16-14-,27-25+,35-33+. The quantitative estimate of drug-likeness (QED) is 0.0227. The number of hydrogen-bond acceptors (Lipinski definition) is 13. The van der Waals surface area contributed by atoms with Gasteiger partial charge in [0.2, 0.25) is 5.91 Å². The number of unbranched alkanes of at least 4 members (excludes halogenated alkanes) is 20. The minimum absolute atomic E-state index is 0.256. The first-order valence-electron chi connectivity index (χ1n) is 25.9. The van der Waals surface area contributed by atoms with Crippen molar-refractivity contribution in [1.29, 1.82) is 0 Å². The topological polar surface area (TPSA) is 228 Å². The molecule has 0 aromatic carbocycles. The number of amides is 1. The molecule has 12 unspecified atom stereocenters. The molecule has 0 aromatic heterocycles. The zero-order valence-corrected chi connectivity index (χ0v) is 40.7. The van der Waals surface area contributed by atoms with Crippen molar-refractivity contribution in [3.05, 3.63) is 48.6 Å². The third-order valence-electron chi connectivity index (χ3n) is 12.5. The summed E-state index contributed by atoms with van der Waals surface area (Å²) < 4.78 is 22.7. The average molecular weight is 940 g/mol. The van der Waals surface area contributed by atoms with Crippen LogP contribution in [0.1, 0.15) is 181 Å². The lowest BCUT2D eigenvalue weighted by molar-refractivity contribution is -0.359. The van der Waals surface area contributed by atoms with Crippen LogP contribution in [0.4, 0.5) is 0 Å². The van der Waals surface area contributed by atoms with E-state index in [0.717, 1.165) is 64.2 Å². The Morgan fingerprint density at radius 1 is 0.545 bits per heavy atom. The van der Waals surface area contributed by atoms with Crippen LogP contribution in [0.3, 0.4) is 0 Å². The molecule has 14 heteroatoms. The molecule has 12 atom stereocenters. The lowest BCUT2D eigenvalue weighted by atomic mass is 9.97. The Kier molecular flexibility index (Phi) is 35.3. The highest BCUT2D eigenvalue weighted by atomic mass is 16.7. The van der Waals surface area contributed by atoms with Gasteiger partial charge in [0.1, 0.15) is 48.8 Å². The second-order valence-corrected chi connectivity index (χ2v) is 18.3. The minimum Gasteiger partial charge on any atom is -0.394 e. The zero-order chi connectivity index (χ0) is 48.2. The maximum absolute atomic E-state index is 13.1. The molecule has 2 saturated heterocycles. The van der Waals surface area contributed by atoms with Gasteiger partial charge in [-0.05, 0) is 57.8 Å². The number of aliphatic hydroxyl groups is 8. The maximum atomic E-state index is 13.1. The highest BCUT2D eigenvalue weighted by Crippen LogP contribution is 2.30. The predicted octanol–water partition coefficient (Wildman–Crippen LogP) is 6.88. The van der Waals surface area contributed by atoms with E-state index in [-0.39, 0.29) is 18.9 Å². The van der Waals surface area contributed by atoms with Crippen molar-refractivity contribution in [3.63, 3.8) is 0 Å². The summed E-state index contributed by atoms with van der Waals surface area (Å²) in [4.78, 5) is 13.1. The molecule has 2 rings (SSSR count). The Hall–Kier alpha value is -2.05. The smallest absolute Gasteiger partial charge is 0.220 e. The summed E-state index contributed by atoms with van der Waals surface area (Å²) in [5.41, 5.74) is 0. The Balaban J connectivity index is 1.86. The second-order valence-electron chi connectivity index (χ2n) is 18.3. The minimum atomic E-state index is -1.79. The number of aliphatic hydroxyl groups excluding tert-OH is 8. The summed E-state index contributed by atoms with van der Waals surface area (Å²) in [5, 5.41) is 86.7. The van der Waals surface area contributed by atoms with Crippen LogP contribution < -0.4 is 5.32 Å². The molecule has 2 heterocycles. The van der Waals surface area contributed by atoms with Crippen molar-refractivity contribution < 1.29 is 64.6 Å². The molecule has 0 spiro atoms. The predicted molar refractivity (Wildman–Crippen MR) is 258 cm³/mol. The summed E-state index contributed by atoms with van der Waals surface area (Å²) in [6, 6.07) is -0.938. The number of nitrogens with one attached hydrogen (secondary N) is 1. The number of carbonyl (C=O) groups excluding carboxylic acids is 1. The van der Waals surface area contributed by atoms with Crippen molar-refractivity contribution in [1.82, 2.24) is 5.32 Å². The Bertz CT molecular complexity index is 1290. The Morgan fingerprint density at radius 3 is 1.64 bits per heavy atom. The van der Waals surface area contributed by atoms with Crippen molar-refractivity contribution in [3.8, 4) is 0 Å². The van der Waals surface area contributed by atoms with Crippen LogP contribution in [-0.2, 0) is 23.7 Å². The fourth-order valence-corrected chi connectivity index (χ4v) is 8.23. The lowest BCUT2D eigenvalue weighted by Gasteiger charge is -2.46. The van der Waals surface area contributed by atoms with E-state index in [2.05, 4.69) is 55.6 Å². The number of allylic oxidation sites excluding steroid dienone is 7. The maximum Gasteiger partial charge on any atom is 0.220 e. The zero-order valence-electron chi connectivity index (χ0n) is 40.7. The number of rotatable bonds is 39. The molecule has 2 aliphatic rings. The van der Waals surface area contributed by atoms with Gasteiger partial charge in [-0.25, -0.2) is 0 Å². The fourth-order valence-electron chi connectivity index (χ4n) is 8.23. The first kappa shape index (κ1) is 60.1. The second kappa shape index (κ2) is 38.8. The highest BCUT2D eigenvalue weighted by molar-refractivity contribution is 5.76. The first-order chi connectivity index (χ1) is 32.1. The molecule has 0 saturated carbocycles. The van der Waals surface area contributed by atoms with Crippen LogP contribution in [-0.4, -0.2) is 140 Å². The SMILES string of the molecule is CCC/C=C\C/C=C\CCCCCCCC(=O)NC(COC1OC(CO)C(OC2OC(CO)C(O)C(O)C2O)C(O)C1O)C(O)/C=C/CC/C=C/CCCCCCCCCCCCCCC. The van der Waals surface area contributed by atoms with Gasteiger partial charge in [-0.2, -0.15) is 0 Å². The van der Waals surface area contributed by atoms with E-state index < -0.39 is 86.8 Å². The first-order valence-corrected chi connectivity index (χ1v) is 25.9. The van der Waals surface area contributed by atoms with Crippen LogP contribution in [0.15, 0.2) is 48.6 Å². The Morgan fingerprint density at radius 2 is 1.05 bits per heavy atom. The molecule has 0 aromatic rings. The molecule has 0 radical (unpaired) electrons. The van der Waals surface area contributed by atoms with Gasteiger partial charge in [0.25, 0.3) is 0 Å². The van der Waals surface area contributed by atoms with Gasteiger partial charge in [0, 0.05) is 6.42 Å². The third kappa shape index (κ3) is 25.5. The highest BCUT2D eigenvalue weighted by Gasteiger charge is 2.51. The molecule has 1 amide bonds. The molecule has 0 bridgehead atoms. The van der Waals surface area contributed by atoms with Crippen LogP contribution in [0.2, 0.25) is 0 Å². The summed E-state index contributed by atoms with van der Waals surface area (Å²) in [5.74, 6) is -0.266. The fraction of sp³-hybridized carbons (Fsp3) is 0.827. The van der Waals surface area contributed by atoms with E-state index in [1.165, 1.54) is 83.5 Å². The van der Waals surface area contributed by atoms with Gasteiger partial charge in [-0.15, -0.1) is 0 Å². The van der Waals surface area contributed by atoms with Crippen LogP contribution in [0.25, 0.3) is 0 Å². The molecule has 66 heavy (non-hydrogen) atoms. The van der Waals surface area contributed by atoms with E-state index in [1.54, 1.807) is 6.08 Å². The monoisotopic (exact) mass is 940 g/mol. The Labute approximate surface area is 397 Å². The molecule has 0 aliphatic carbocycles. The van der Waals surface area contributed by atoms with Crippen molar-refractivity contribution in [2.45, 2.75) is 254 Å². The molecule has 2 aliphatic heterocycles. The number of carbonyl (C=O) groups is 1. The van der Waals surface area contributed by atoms with E-state index in [9.17, 15) is 45.6 Å². The van der Waals surface area contributed by atoms with Crippen molar-refractivity contribution >= 4 is 5.91 Å². The van der Waals surface area contributed by atoms with Crippen molar-refractivity contribution in [2.75, 3.05) is 19.8 Å². The molecule has 2 fully saturated rings. The van der Waals surface area contributed by atoms with E-state index >= 15 is 0 Å². The lowest BCUT2D eigenvalue weighted by Crippen LogP contribution is -2.65. The van der Waals surface area contributed by atoms with E-state index in [0.29, 0.717) is 12.8 Å². The molecule has 384 valence electrons. The summed E-state index contributed by atoms with van der Waals surface area (Å²) in [7, 11) is 0. The average Bonchev–Trinajstić information content (AvgIpc) is 3.31. The number of hydrogen-bond donors (Lipinski definition) is 9. The van der Waals surface area contributed by atoms with Gasteiger partial charge in [-0.3, -0.25) is 4.79 Å². The van der Waals surface area contributed by atoms with Gasteiger partial charge >= 0.3 is 0 Å². The number of ether oxygens (including phenoxy) is 4. The van der Waals surface area contributed by atoms with Crippen LogP contribution in [0.5, 0.6) is 0 Å². The van der Waals surface area contributed by atoms with Gasteiger partial charge < -0.3 is 65.1 Å². The van der Waals surface area contributed by atoms with E-state index in [4.69, 9.17) is 18.9 Å². The van der Waals surface area contributed by atoms with Crippen molar-refractivity contribution in [2.24, 2.45) is 0 Å². The molecular formula is C52H93NO13. The molecule has 14 nitrogen and oxygen atoms in total. The van der Waals surface area contributed by atoms with Crippen LogP contribution in [0, 0.1) is 0 Å². The van der Waals surface area contributed by atoms with Gasteiger partial charge in [0.15, 0.2) is 12.6 Å². The third-order valence-corrected chi connectivity index (χ3v) is 12.5. The summed E-state index contributed by atoms with van der Waals surface area (Å²) in [6.45, 7) is 2.68. The normalized spacial score (nSPS) is 27.2. The van der Waals surface area contributed by atoms with Gasteiger partial charge in [-0.1, -0.05) is 165 Å². The molecular weight excluding hydrogens is 847 g/mol. The van der Waals surface area contributed by atoms with Crippen LogP contribution >= 0.6 is 0 Å². The van der Waals surface area contributed by atoms with Gasteiger partial charge in [0.05, 0.1) is 32.0 Å². The summed E-state index contributed by atoms with van der Waals surface area (Å²) in [6.07, 6.45) is 28.7.